The highest BCUT2D eigenvalue weighted by atomic mass is 127. The molecular weight excluding hydrogens is 421 g/mol. The predicted molar refractivity (Wildman–Crippen MR) is 97.7 cm³/mol. The maximum absolute atomic E-state index is 12.5. The molecule has 0 bridgehead atoms. The minimum absolute atomic E-state index is 0.0431. The van der Waals surface area contributed by atoms with Crippen molar-refractivity contribution in [1.29, 1.82) is 0 Å². The largest absolute Gasteiger partial charge is 0.493 e. The van der Waals surface area contributed by atoms with Crippen molar-refractivity contribution in [3.8, 4) is 11.5 Å². The van der Waals surface area contributed by atoms with Crippen LogP contribution in [0.2, 0.25) is 0 Å². The fourth-order valence-corrected chi connectivity index (χ4v) is 4.98. The van der Waals surface area contributed by atoms with Crippen LogP contribution in [-0.4, -0.2) is 43.8 Å². The molecule has 1 spiro atoms. The number of rotatable bonds is 3. The molecule has 1 amide bonds. The molecule has 5 nitrogen and oxygen atoms in total. The first kappa shape index (κ1) is 16.2. The Morgan fingerprint density at radius 1 is 1.33 bits per heavy atom. The van der Waals surface area contributed by atoms with Crippen LogP contribution in [0.1, 0.15) is 24.0 Å². The van der Waals surface area contributed by atoms with Crippen molar-refractivity contribution in [1.82, 2.24) is 4.90 Å². The van der Waals surface area contributed by atoms with Gasteiger partial charge in [0.1, 0.15) is 0 Å². The molecule has 6 heteroatoms. The van der Waals surface area contributed by atoms with Crippen molar-refractivity contribution < 1.29 is 19.0 Å². The number of halogens is 1. The van der Waals surface area contributed by atoms with E-state index in [2.05, 4.69) is 34.7 Å². The van der Waals surface area contributed by atoms with Gasteiger partial charge in [0, 0.05) is 13.0 Å². The summed E-state index contributed by atoms with van der Waals surface area (Å²) in [5.74, 6) is 1.64. The molecule has 3 atom stereocenters. The fourth-order valence-electron chi connectivity index (χ4n) is 4.51. The Balaban J connectivity index is 1.88. The van der Waals surface area contributed by atoms with Gasteiger partial charge in [-0.2, -0.15) is 0 Å². The van der Waals surface area contributed by atoms with E-state index in [1.165, 1.54) is 5.56 Å². The highest BCUT2D eigenvalue weighted by molar-refractivity contribution is 14.1. The molecule has 0 aromatic heterocycles. The smallest absolute Gasteiger partial charge is 0.226 e. The monoisotopic (exact) mass is 441 g/mol. The Kier molecular flexibility index (Phi) is 3.99. The summed E-state index contributed by atoms with van der Waals surface area (Å²) in [5, 5.41) is 0. The summed E-state index contributed by atoms with van der Waals surface area (Å²) in [6.07, 6.45) is 4.11. The van der Waals surface area contributed by atoms with Crippen molar-refractivity contribution in [2.24, 2.45) is 0 Å². The zero-order chi connectivity index (χ0) is 16.9. The summed E-state index contributed by atoms with van der Waals surface area (Å²) in [7, 11) is 3.30. The van der Waals surface area contributed by atoms with E-state index in [-0.39, 0.29) is 23.7 Å². The molecule has 0 aliphatic carbocycles. The van der Waals surface area contributed by atoms with E-state index < -0.39 is 0 Å². The first-order valence-electron chi connectivity index (χ1n) is 8.12. The molecule has 2 fully saturated rings. The Morgan fingerprint density at radius 2 is 2.08 bits per heavy atom. The van der Waals surface area contributed by atoms with Gasteiger partial charge in [-0.3, -0.25) is 4.79 Å². The Labute approximate surface area is 155 Å². The normalized spacial score (nSPS) is 31.1. The van der Waals surface area contributed by atoms with Gasteiger partial charge >= 0.3 is 0 Å². The second kappa shape index (κ2) is 5.91. The number of fused-ring (bicyclic) bond motifs is 1. The van der Waals surface area contributed by atoms with Gasteiger partial charge in [-0.05, 0) is 39.8 Å². The topological polar surface area (TPSA) is 48.0 Å². The van der Waals surface area contributed by atoms with Gasteiger partial charge in [-0.1, -0.05) is 22.6 Å². The molecular formula is C18H20INO4. The number of hydrogen-bond donors (Lipinski definition) is 0. The first-order valence-corrected chi connectivity index (χ1v) is 9.36. The lowest BCUT2D eigenvalue weighted by atomic mass is 9.77. The van der Waals surface area contributed by atoms with E-state index in [1.807, 2.05) is 15.0 Å². The van der Waals surface area contributed by atoms with Crippen molar-refractivity contribution in [3.63, 3.8) is 0 Å². The molecule has 0 saturated carbocycles. The van der Waals surface area contributed by atoms with Crippen molar-refractivity contribution in [2.45, 2.75) is 37.0 Å². The third-order valence-corrected chi connectivity index (χ3v) is 5.91. The van der Waals surface area contributed by atoms with Gasteiger partial charge in [0.15, 0.2) is 11.5 Å². The molecule has 24 heavy (non-hydrogen) atoms. The van der Waals surface area contributed by atoms with Gasteiger partial charge in [0.2, 0.25) is 5.91 Å². The number of ether oxygens (including phenoxy) is 3. The highest BCUT2D eigenvalue weighted by Gasteiger charge is 2.61. The third-order valence-electron chi connectivity index (χ3n) is 5.49. The Hall–Kier alpha value is -1.28. The van der Waals surface area contributed by atoms with Crippen LogP contribution in [0.15, 0.2) is 22.3 Å². The predicted octanol–water partition coefficient (Wildman–Crippen LogP) is 2.79. The number of carbonyl (C=O) groups excluding carboxylic acids is 1. The van der Waals surface area contributed by atoms with E-state index in [4.69, 9.17) is 14.2 Å². The van der Waals surface area contributed by atoms with Crippen LogP contribution < -0.4 is 9.47 Å². The van der Waals surface area contributed by atoms with E-state index in [0.29, 0.717) is 12.2 Å². The van der Waals surface area contributed by atoms with Crippen molar-refractivity contribution in [2.75, 3.05) is 20.8 Å². The molecule has 1 aromatic rings. The molecule has 2 saturated heterocycles. The van der Waals surface area contributed by atoms with E-state index in [1.54, 1.807) is 14.2 Å². The summed E-state index contributed by atoms with van der Waals surface area (Å²) < 4.78 is 19.2. The minimum atomic E-state index is -0.370. The lowest BCUT2D eigenvalue weighted by Gasteiger charge is -2.43. The lowest BCUT2D eigenvalue weighted by Crippen LogP contribution is -2.50. The maximum Gasteiger partial charge on any atom is 0.226 e. The zero-order valence-electron chi connectivity index (χ0n) is 13.8. The van der Waals surface area contributed by atoms with Crippen LogP contribution in [0.5, 0.6) is 11.5 Å². The van der Waals surface area contributed by atoms with Crippen molar-refractivity contribution in [3.05, 3.63) is 33.4 Å². The second-order valence-electron chi connectivity index (χ2n) is 6.47. The number of amides is 1. The third kappa shape index (κ3) is 2.12. The molecule has 0 N–H and O–H groups in total. The van der Waals surface area contributed by atoms with Crippen LogP contribution >= 0.6 is 22.6 Å². The lowest BCUT2D eigenvalue weighted by molar-refractivity contribution is -0.132. The Bertz CT molecular complexity index is 719. The maximum atomic E-state index is 12.5. The van der Waals surface area contributed by atoms with E-state index in [0.717, 1.165) is 30.7 Å². The van der Waals surface area contributed by atoms with E-state index >= 15 is 0 Å². The van der Waals surface area contributed by atoms with Gasteiger partial charge in [-0.25, -0.2) is 0 Å². The van der Waals surface area contributed by atoms with Gasteiger partial charge in [-0.15, -0.1) is 0 Å². The highest BCUT2D eigenvalue weighted by Crippen LogP contribution is 2.54. The quantitative estimate of drug-likeness (QED) is 0.678. The average molecular weight is 441 g/mol. The summed E-state index contributed by atoms with van der Waals surface area (Å²) in [5.41, 5.74) is 2.02. The molecule has 3 aliphatic heterocycles. The number of carbonyl (C=O) groups is 1. The molecule has 3 heterocycles. The van der Waals surface area contributed by atoms with Gasteiger partial charge in [0.25, 0.3) is 0 Å². The fraction of sp³-hybridized carbons (Fsp3) is 0.500. The summed E-state index contributed by atoms with van der Waals surface area (Å²) in [6.45, 7) is 0.738. The van der Waals surface area contributed by atoms with Gasteiger partial charge in [0.05, 0.1) is 38.4 Å². The summed E-state index contributed by atoms with van der Waals surface area (Å²) >= 11 is 2.21. The molecule has 128 valence electrons. The number of hydrogen-bond acceptors (Lipinski definition) is 4. The van der Waals surface area contributed by atoms with Crippen LogP contribution in [-0.2, 0) is 21.5 Å². The number of methoxy groups -OCH3 is 2. The molecule has 2 unspecified atom stereocenters. The molecule has 1 aromatic carbocycles. The summed E-state index contributed by atoms with van der Waals surface area (Å²) in [6, 6.07) is 4.10. The number of nitrogens with zero attached hydrogens (tertiary/aromatic N) is 1. The molecule has 4 rings (SSSR count). The minimum Gasteiger partial charge on any atom is -0.493 e. The first-order chi connectivity index (χ1) is 11.6. The standard InChI is InChI=1S/C18H20INO4/c1-22-14-7-11-4-6-20-17(21)9-16-18(20,10-12(24-16)3-5-19)13(11)8-15(14)23-2/h3,5,7-8,12,16H,4,6,9-10H2,1-2H3/b5-3-/t12-,16?,18?/m1/s1. The summed E-state index contributed by atoms with van der Waals surface area (Å²) in [4.78, 5) is 14.6. The SMILES string of the molecule is COc1cc2c(cc1OC)C13C[C@@H](/C=C\I)OC1CC(=O)N3CC2. The molecule has 3 aliphatic rings. The zero-order valence-corrected chi connectivity index (χ0v) is 15.9. The van der Waals surface area contributed by atoms with Crippen LogP contribution in [0.25, 0.3) is 0 Å². The van der Waals surface area contributed by atoms with Crippen LogP contribution in [0.3, 0.4) is 0 Å². The average Bonchev–Trinajstić information content (AvgIpc) is 3.05. The van der Waals surface area contributed by atoms with Crippen LogP contribution in [0, 0.1) is 0 Å². The second-order valence-corrected chi connectivity index (χ2v) is 7.19. The number of benzene rings is 1. The van der Waals surface area contributed by atoms with Crippen molar-refractivity contribution >= 4 is 28.5 Å². The van der Waals surface area contributed by atoms with E-state index in [9.17, 15) is 4.79 Å². The van der Waals surface area contributed by atoms with Crippen LogP contribution in [0.4, 0.5) is 0 Å². The Morgan fingerprint density at radius 3 is 2.79 bits per heavy atom. The molecule has 0 radical (unpaired) electrons. The van der Waals surface area contributed by atoms with Gasteiger partial charge < -0.3 is 19.1 Å².